The fourth-order valence-electron chi connectivity index (χ4n) is 4.76. The van der Waals surface area contributed by atoms with Crippen LogP contribution in [-0.2, 0) is 29.1 Å². The van der Waals surface area contributed by atoms with E-state index in [1.807, 2.05) is 41.3 Å². The Morgan fingerprint density at radius 3 is 2.48 bits per heavy atom. The van der Waals surface area contributed by atoms with Crippen molar-refractivity contribution in [3.05, 3.63) is 71.4 Å². The summed E-state index contributed by atoms with van der Waals surface area (Å²) in [5, 5.41) is 1.27. The molecule has 0 radical (unpaired) electrons. The van der Waals surface area contributed by atoms with Crippen LogP contribution in [0, 0.1) is 5.92 Å². The Kier molecular flexibility index (Phi) is 5.37. The van der Waals surface area contributed by atoms with E-state index in [-0.39, 0.29) is 24.5 Å². The number of carbonyl (C=O) groups is 2. The molecule has 6 nitrogen and oxygen atoms in total. The standard InChI is InChI=1S/C25H27N3O3/c29-24(28-15-12-21-20-8-4-5-9-22(20)26-23(21)16-28)19-10-13-27(14-11-19)25(30)31-17-18-6-2-1-3-7-18/h1-9,19,26H,10-17H2. The lowest BCUT2D eigenvalue weighted by Crippen LogP contribution is -2.45. The van der Waals surface area contributed by atoms with Crippen LogP contribution >= 0.6 is 0 Å². The minimum Gasteiger partial charge on any atom is -0.445 e. The number of benzene rings is 2. The molecule has 3 heterocycles. The normalized spacial score (nSPS) is 16.9. The predicted octanol–water partition coefficient (Wildman–Crippen LogP) is 4.10. The van der Waals surface area contributed by atoms with Gasteiger partial charge in [0.1, 0.15) is 6.61 Å². The fourth-order valence-corrected chi connectivity index (χ4v) is 4.76. The summed E-state index contributed by atoms with van der Waals surface area (Å²) >= 11 is 0. The van der Waals surface area contributed by atoms with Crippen LogP contribution in [0.4, 0.5) is 4.79 Å². The zero-order valence-electron chi connectivity index (χ0n) is 17.5. The Morgan fingerprint density at radius 2 is 1.68 bits per heavy atom. The molecule has 2 aliphatic heterocycles. The molecule has 1 aromatic heterocycles. The number of hydrogen-bond acceptors (Lipinski definition) is 3. The highest BCUT2D eigenvalue weighted by Gasteiger charge is 2.32. The molecule has 1 saturated heterocycles. The number of aromatic amines is 1. The first-order valence-corrected chi connectivity index (χ1v) is 11.0. The third-order valence-electron chi connectivity index (χ3n) is 6.50. The molecule has 5 rings (SSSR count). The summed E-state index contributed by atoms with van der Waals surface area (Å²) in [5.74, 6) is 0.186. The summed E-state index contributed by atoms with van der Waals surface area (Å²) in [6.45, 7) is 2.80. The minimum absolute atomic E-state index is 0.0240. The molecule has 0 unspecified atom stereocenters. The first-order chi connectivity index (χ1) is 15.2. The third kappa shape index (κ3) is 4.02. The molecular formula is C25H27N3O3. The molecule has 2 aliphatic rings. The number of nitrogens with one attached hydrogen (secondary N) is 1. The molecule has 0 bridgehead atoms. The summed E-state index contributed by atoms with van der Waals surface area (Å²) in [5.41, 5.74) is 4.62. The SMILES string of the molecule is O=C(OCc1ccccc1)N1CCC(C(=O)N2CCc3c([nH]c4ccccc34)C2)CC1. The van der Waals surface area contributed by atoms with E-state index in [1.54, 1.807) is 4.90 Å². The average molecular weight is 418 g/mol. The van der Waals surface area contributed by atoms with E-state index in [0.29, 0.717) is 32.5 Å². The van der Waals surface area contributed by atoms with Crippen LogP contribution in [0.1, 0.15) is 29.7 Å². The van der Waals surface area contributed by atoms with Gasteiger partial charge >= 0.3 is 6.09 Å². The maximum atomic E-state index is 13.1. The van der Waals surface area contributed by atoms with E-state index in [2.05, 4.69) is 23.2 Å². The van der Waals surface area contributed by atoms with E-state index >= 15 is 0 Å². The van der Waals surface area contributed by atoms with Gasteiger partial charge in [0.2, 0.25) is 5.91 Å². The number of aromatic nitrogens is 1. The van der Waals surface area contributed by atoms with Crippen LogP contribution in [0.15, 0.2) is 54.6 Å². The number of nitrogens with zero attached hydrogens (tertiary/aromatic N) is 2. The lowest BCUT2D eigenvalue weighted by atomic mass is 9.94. The van der Waals surface area contributed by atoms with Crippen molar-refractivity contribution >= 4 is 22.9 Å². The van der Waals surface area contributed by atoms with Crippen molar-refractivity contribution in [3.63, 3.8) is 0 Å². The number of piperidine rings is 1. The van der Waals surface area contributed by atoms with Gasteiger partial charge in [-0.15, -0.1) is 0 Å². The number of fused-ring (bicyclic) bond motifs is 3. The maximum Gasteiger partial charge on any atom is 0.410 e. The maximum absolute atomic E-state index is 13.1. The topological polar surface area (TPSA) is 65.6 Å². The van der Waals surface area contributed by atoms with E-state index in [1.165, 1.54) is 10.9 Å². The summed E-state index contributed by atoms with van der Waals surface area (Å²) in [7, 11) is 0. The van der Waals surface area contributed by atoms with Crippen molar-refractivity contribution in [2.45, 2.75) is 32.4 Å². The quantitative estimate of drug-likeness (QED) is 0.698. The van der Waals surface area contributed by atoms with Crippen LogP contribution in [-0.4, -0.2) is 46.4 Å². The van der Waals surface area contributed by atoms with Crippen molar-refractivity contribution in [2.24, 2.45) is 5.92 Å². The summed E-state index contributed by atoms with van der Waals surface area (Å²) < 4.78 is 5.43. The van der Waals surface area contributed by atoms with Gasteiger partial charge in [-0.05, 0) is 36.5 Å². The molecule has 3 aromatic rings. The highest BCUT2D eigenvalue weighted by atomic mass is 16.6. The van der Waals surface area contributed by atoms with Gasteiger partial charge in [-0.25, -0.2) is 4.79 Å². The molecule has 0 saturated carbocycles. The largest absolute Gasteiger partial charge is 0.445 e. The van der Waals surface area contributed by atoms with Gasteiger partial charge in [0.15, 0.2) is 0 Å². The van der Waals surface area contributed by atoms with Crippen molar-refractivity contribution in [2.75, 3.05) is 19.6 Å². The number of likely N-dealkylation sites (tertiary alicyclic amines) is 1. The van der Waals surface area contributed by atoms with Gasteiger partial charge in [-0.3, -0.25) is 4.79 Å². The Labute approximate surface area is 181 Å². The zero-order chi connectivity index (χ0) is 21.2. The molecule has 160 valence electrons. The molecule has 0 atom stereocenters. The molecule has 0 aliphatic carbocycles. The second-order valence-corrected chi connectivity index (χ2v) is 8.44. The highest BCUT2D eigenvalue weighted by Crippen LogP contribution is 2.29. The lowest BCUT2D eigenvalue weighted by Gasteiger charge is -2.35. The first-order valence-electron chi connectivity index (χ1n) is 11.0. The smallest absolute Gasteiger partial charge is 0.410 e. The number of rotatable bonds is 3. The second-order valence-electron chi connectivity index (χ2n) is 8.44. The van der Waals surface area contributed by atoms with Gasteiger partial charge in [0.25, 0.3) is 0 Å². The summed E-state index contributed by atoms with van der Waals surface area (Å²) in [4.78, 5) is 32.7. The zero-order valence-corrected chi connectivity index (χ0v) is 17.5. The Balaban J connectivity index is 1.15. The number of hydrogen-bond donors (Lipinski definition) is 1. The van der Waals surface area contributed by atoms with Gasteiger partial charge in [-0.1, -0.05) is 48.5 Å². The second kappa shape index (κ2) is 8.46. The van der Waals surface area contributed by atoms with Crippen LogP contribution in [0.25, 0.3) is 10.9 Å². The Bertz CT molecular complexity index is 1080. The lowest BCUT2D eigenvalue weighted by molar-refractivity contribution is -0.138. The van der Waals surface area contributed by atoms with Crippen LogP contribution in [0.3, 0.4) is 0 Å². The highest BCUT2D eigenvalue weighted by molar-refractivity contribution is 5.86. The van der Waals surface area contributed by atoms with Gasteiger partial charge in [0, 0.05) is 42.1 Å². The van der Waals surface area contributed by atoms with E-state index in [0.717, 1.165) is 29.7 Å². The van der Waals surface area contributed by atoms with Crippen LogP contribution in [0.2, 0.25) is 0 Å². The fraction of sp³-hybridized carbons (Fsp3) is 0.360. The molecule has 2 amide bonds. The summed E-state index contributed by atoms with van der Waals surface area (Å²) in [6.07, 6.45) is 1.97. The monoisotopic (exact) mass is 417 g/mol. The minimum atomic E-state index is -0.296. The molecule has 0 spiro atoms. The van der Waals surface area contributed by atoms with Gasteiger partial charge in [0.05, 0.1) is 6.54 Å². The van der Waals surface area contributed by atoms with Crippen LogP contribution in [0.5, 0.6) is 0 Å². The number of amides is 2. The molecule has 6 heteroatoms. The van der Waals surface area contributed by atoms with Gasteiger partial charge < -0.3 is 19.5 Å². The number of para-hydroxylation sites is 1. The molecule has 1 N–H and O–H groups in total. The number of H-pyrrole nitrogens is 1. The van der Waals surface area contributed by atoms with Gasteiger partial charge in [-0.2, -0.15) is 0 Å². The third-order valence-corrected chi connectivity index (χ3v) is 6.50. The molecule has 2 aromatic carbocycles. The van der Waals surface area contributed by atoms with Crippen LogP contribution < -0.4 is 0 Å². The number of ether oxygens (including phenoxy) is 1. The average Bonchev–Trinajstić information content (AvgIpc) is 3.20. The van der Waals surface area contributed by atoms with E-state index in [4.69, 9.17) is 4.74 Å². The van der Waals surface area contributed by atoms with E-state index < -0.39 is 0 Å². The molecule has 1 fully saturated rings. The first kappa shape index (κ1) is 19.7. The van der Waals surface area contributed by atoms with Crippen molar-refractivity contribution in [3.8, 4) is 0 Å². The molecular weight excluding hydrogens is 390 g/mol. The summed E-state index contributed by atoms with van der Waals surface area (Å²) in [6, 6.07) is 18.0. The van der Waals surface area contributed by atoms with Crippen molar-refractivity contribution in [1.29, 1.82) is 0 Å². The van der Waals surface area contributed by atoms with Crippen molar-refractivity contribution in [1.82, 2.24) is 14.8 Å². The van der Waals surface area contributed by atoms with E-state index in [9.17, 15) is 9.59 Å². The Morgan fingerprint density at radius 1 is 0.935 bits per heavy atom. The Hall–Kier alpha value is -3.28. The predicted molar refractivity (Wildman–Crippen MR) is 118 cm³/mol. The number of carbonyl (C=O) groups excluding carboxylic acids is 2. The van der Waals surface area contributed by atoms with Crippen molar-refractivity contribution < 1.29 is 14.3 Å². The molecule has 31 heavy (non-hydrogen) atoms.